The van der Waals surface area contributed by atoms with Gasteiger partial charge in [-0.15, -0.1) is 0 Å². The third kappa shape index (κ3) is 7.50. The summed E-state index contributed by atoms with van der Waals surface area (Å²) in [6.45, 7) is 6.62. The maximum absolute atomic E-state index is 12.3. The number of amides is 1. The minimum atomic E-state index is -1.31. The van der Waals surface area contributed by atoms with Crippen LogP contribution in [0.3, 0.4) is 0 Å². The standard InChI is InChI=1S/C20H28N2O3S2/c1-4-11-26-12-5-10-21-19(23)14-27(24)13-18-16(3)25-20(22-18)17-8-6-15(2)7-9-17/h6-9H,4-5,10-14H2,1-3H3,(H,21,23)/t27-/m1/s1. The van der Waals surface area contributed by atoms with Crippen LogP contribution >= 0.6 is 11.8 Å². The summed E-state index contributed by atoms with van der Waals surface area (Å²) in [6.07, 6.45) is 2.11. The SMILES string of the molecule is CCCSCCCNC(=O)C[S@](=O)Cc1nc(-c2ccc(C)cc2)oc1C. The monoisotopic (exact) mass is 408 g/mol. The maximum atomic E-state index is 12.3. The Kier molecular flexibility index (Phi) is 9.07. The van der Waals surface area contributed by atoms with Crippen LogP contribution in [0, 0.1) is 13.8 Å². The Morgan fingerprint density at radius 3 is 2.67 bits per heavy atom. The number of hydrogen-bond donors (Lipinski definition) is 1. The molecule has 148 valence electrons. The van der Waals surface area contributed by atoms with Crippen molar-refractivity contribution in [1.82, 2.24) is 10.3 Å². The Morgan fingerprint density at radius 1 is 1.22 bits per heavy atom. The third-order valence-electron chi connectivity index (χ3n) is 3.92. The van der Waals surface area contributed by atoms with Gasteiger partial charge in [0.25, 0.3) is 0 Å². The molecular formula is C20H28N2O3S2. The molecule has 0 aliphatic carbocycles. The van der Waals surface area contributed by atoms with Crippen LogP contribution in [0.1, 0.15) is 36.8 Å². The molecule has 0 aliphatic rings. The van der Waals surface area contributed by atoms with Gasteiger partial charge in [0, 0.05) is 22.9 Å². The Bertz CT molecular complexity index is 757. The average Bonchev–Trinajstić information content (AvgIpc) is 2.99. The van der Waals surface area contributed by atoms with Crippen LogP contribution in [0.15, 0.2) is 28.7 Å². The van der Waals surface area contributed by atoms with Crippen molar-refractivity contribution in [2.24, 2.45) is 0 Å². The van der Waals surface area contributed by atoms with Crippen LogP contribution in [-0.4, -0.2) is 38.9 Å². The van der Waals surface area contributed by atoms with Crippen molar-refractivity contribution in [2.45, 2.75) is 39.4 Å². The first kappa shape index (κ1) is 21.7. The van der Waals surface area contributed by atoms with Crippen molar-refractivity contribution in [3.8, 4) is 11.5 Å². The van der Waals surface area contributed by atoms with E-state index in [-0.39, 0.29) is 17.4 Å². The zero-order valence-electron chi connectivity index (χ0n) is 16.2. The summed E-state index contributed by atoms with van der Waals surface area (Å²) in [4.78, 5) is 16.4. The Hall–Kier alpha value is -1.60. The molecule has 2 rings (SSSR count). The number of aryl methyl sites for hydroxylation is 2. The number of nitrogens with one attached hydrogen (secondary N) is 1. The van der Waals surface area contributed by atoms with Crippen molar-refractivity contribution < 1.29 is 13.4 Å². The van der Waals surface area contributed by atoms with Gasteiger partial charge >= 0.3 is 0 Å². The second-order valence-electron chi connectivity index (χ2n) is 6.43. The smallest absolute Gasteiger partial charge is 0.232 e. The summed E-state index contributed by atoms with van der Waals surface area (Å²) in [5.41, 5.74) is 2.70. The number of nitrogens with zero attached hydrogens (tertiary/aromatic N) is 1. The molecule has 2 aromatic rings. The summed E-state index contributed by atoms with van der Waals surface area (Å²) in [7, 11) is -1.31. The molecule has 0 saturated carbocycles. The molecule has 0 bridgehead atoms. The lowest BCUT2D eigenvalue weighted by atomic mass is 10.1. The lowest BCUT2D eigenvalue weighted by Crippen LogP contribution is -2.29. The molecule has 0 spiro atoms. The van der Waals surface area contributed by atoms with E-state index in [1.807, 2.05) is 49.9 Å². The molecule has 1 N–H and O–H groups in total. The van der Waals surface area contributed by atoms with Crippen LogP contribution in [-0.2, 0) is 21.3 Å². The third-order valence-corrected chi connectivity index (χ3v) is 6.37. The van der Waals surface area contributed by atoms with Gasteiger partial charge in [-0.05, 0) is 50.3 Å². The van der Waals surface area contributed by atoms with E-state index in [1.165, 1.54) is 12.0 Å². The topological polar surface area (TPSA) is 72.2 Å². The molecule has 0 unspecified atom stereocenters. The van der Waals surface area contributed by atoms with Gasteiger partial charge < -0.3 is 9.73 Å². The number of carbonyl (C=O) groups excluding carboxylic acids is 1. The van der Waals surface area contributed by atoms with Gasteiger partial charge in [0.1, 0.15) is 11.5 Å². The molecule has 1 atom stereocenters. The first-order chi connectivity index (χ1) is 13.0. The Morgan fingerprint density at radius 2 is 1.96 bits per heavy atom. The largest absolute Gasteiger partial charge is 0.441 e. The highest BCUT2D eigenvalue weighted by atomic mass is 32.2. The summed E-state index contributed by atoms with van der Waals surface area (Å²) in [6, 6.07) is 7.90. The van der Waals surface area contributed by atoms with Crippen LogP contribution in [0.25, 0.3) is 11.5 Å². The van der Waals surface area contributed by atoms with Crippen molar-refractivity contribution in [3.05, 3.63) is 41.3 Å². The highest BCUT2D eigenvalue weighted by molar-refractivity contribution is 7.99. The molecule has 0 radical (unpaired) electrons. The lowest BCUT2D eigenvalue weighted by molar-refractivity contribution is -0.118. The summed E-state index contributed by atoms with van der Waals surface area (Å²) < 4.78 is 18.0. The second kappa shape index (κ2) is 11.3. The van der Waals surface area contributed by atoms with E-state index in [9.17, 15) is 9.00 Å². The van der Waals surface area contributed by atoms with E-state index >= 15 is 0 Å². The van der Waals surface area contributed by atoms with E-state index in [2.05, 4.69) is 17.2 Å². The van der Waals surface area contributed by atoms with E-state index in [0.717, 1.165) is 23.5 Å². The van der Waals surface area contributed by atoms with Crippen molar-refractivity contribution in [1.29, 1.82) is 0 Å². The van der Waals surface area contributed by atoms with Crippen LogP contribution in [0.5, 0.6) is 0 Å². The number of rotatable bonds is 11. The van der Waals surface area contributed by atoms with Crippen molar-refractivity contribution >= 4 is 28.5 Å². The van der Waals surface area contributed by atoms with E-state index < -0.39 is 10.8 Å². The molecule has 7 heteroatoms. The molecule has 1 heterocycles. The lowest BCUT2D eigenvalue weighted by Gasteiger charge is -2.05. The van der Waals surface area contributed by atoms with Gasteiger partial charge in [-0.3, -0.25) is 9.00 Å². The highest BCUT2D eigenvalue weighted by Gasteiger charge is 2.16. The van der Waals surface area contributed by atoms with Gasteiger partial charge in [0.05, 0.1) is 11.4 Å². The molecular weight excluding hydrogens is 380 g/mol. The van der Waals surface area contributed by atoms with Gasteiger partial charge in [-0.2, -0.15) is 11.8 Å². The van der Waals surface area contributed by atoms with Crippen molar-refractivity contribution in [2.75, 3.05) is 23.8 Å². The van der Waals surface area contributed by atoms with Gasteiger partial charge in [-0.25, -0.2) is 4.98 Å². The number of benzene rings is 1. The first-order valence-corrected chi connectivity index (χ1v) is 11.9. The Balaban J connectivity index is 1.80. The minimum absolute atomic E-state index is 0.00569. The van der Waals surface area contributed by atoms with E-state index in [1.54, 1.807) is 0 Å². The van der Waals surface area contributed by atoms with Crippen molar-refractivity contribution in [3.63, 3.8) is 0 Å². The molecule has 0 saturated heterocycles. The number of hydrogen-bond acceptors (Lipinski definition) is 5. The summed E-state index contributed by atoms with van der Waals surface area (Å²) >= 11 is 1.89. The van der Waals surface area contributed by atoms with Crippen LogP contribution in [0.2, 0.25) is 0 Å². The zero-order chi connectivity index (χ0) is 19.6. The molecule has 0 aliphatic heterocycles. The van der Waals surface area contributed by atoms with Gasteiger partial charge in [-0.1, -0.05) is 24.6 Å². The van der Waals surface area contributed by atoms with E-state index in [0.29, 0.717) is 23.9 Å². The molecule has 1 aromatic heterocycles. The minimum Gasteiger partial charge on any atom is -0.441 e. The number of oxazole rings is 1. The molecule has 0 fully saturated rings. The highest BCUT2D eigenvalue weighted by Crippen LogP contribution is 2.22. The van der Waals surface area contributed by atoms with Gasteiger partial charge in [0.15, 0.2) is 0 Å². The quantitative estimate of drug-likeness (QED) is 0.572. The van der Waals surface area contributed by atoms with E-state index in [4.69, 9.17) is 4.42 Å². The fourth-order valence-electron chi connectivity index (χ4n) is 2.43. The predicted octanol–water partition coefficient (Wildman–Crippen LogP) is 3.86. The molecule has 1 aromatic carbocycles. The first-order valence-electron chi connectivity index (χ1n) is 9.22. The Labute approximate surface area is 168 Å². The fourth-order valence-corrected chi connectivity index (χ4v) is 4.34. The number of aromatic nitrogens is 1. The predicted molar refractivity (Wildman–Crippen MR) is 113 cm³/mol. The number of thioether (sulfide) groups is 1. The van der Waals surface area contributed by atoms with Gasteiger partial charge in [0.2, 0.25) is 11.8 Å². The molecule has 5 nitrogen and oxygen atoms in total. The second-order valence-corrected chi connectivity index (χ2v) is 9.11. The molecule has 1 amide bonds. The maximum Gasteiger partial charge on any atom is 0.232 e. The zero-order valence-corrected chi connectivity index (χ0v) is 17.9. The average molecular weight is 409 g/mol. The molecule has 27 heavy (non-hydrogen) atoms. The van der Waals surface area contributed by atoms with Crippen LogP contribution < -0.4 is 5.32 Å². The normalized spacial score (nSPS) is 12.1. The fraction of sp³-hybridized carbons (Fsp3) is 0.500. The summed E-state index contributed by atoms with van der Waals surface area (Å²) in [5.74, 6) is 3.40. The van der Waals surface area contributed by atoms with Crippen LogP contribution in [0.4, 0.5) is 0 Å². The summed E-state index contributed by atoms with van der Waals surface area (Å²) in [5, 5.41) is 2.84. The number of carbonyl (C=O) groups is 1.